The minimum absolute atomic E-state index is 0.0199. The van der Waals surface area contributed by atoms with Crippen molar-refractivity contribution < 1.29 is 4.79 Å². The summed E-state index contributed by atoms with van der Waals surface area (Å²) >= 11 is 0. The van der Waals surface area contributed by atoms with Crippen LogP contribution < -0.4 is 5.32 Å². The van der Waals surface area contributed by atoms with Gasteiger partial charge in [-0.1, -0.05) is 34.6 Å². The van der Waals surface area contributed by atoms with Crippen LogP contribution in [0.4, 0.5) is 0 Å². The summed E-state index contributed by atoms with van der Waals surface area (Å²) in [6.07, 6.45) is 4.56. The van der Waals surface area contributed by atoms with Crippen molar-refractivity contribution >= 4 is 5.91 Å². The SMILES string of the molecule is CC(C)C(NC(=O)c1cnccn1)C(C)(C)C. The third kappa shape index (κ3) is 3.80. The Hall–Kier alpha value is -1.45. The molecule has 0 aliphatic carbocycles. The smallest absolute Gasteiger partial charge is 0.271 e. The Morgan fingerprint density at radius 1 is 1.29 bits per heavy atom. The molecule has 0 aliphatic rings. The summed E-state index contributed by atoms with van der Waals surface area (Å²) in [7, 11) is 0. The van der Waals surface area contributed by atoms with Crippen LogP contribution in [0.15, 0.2) is 18.6 Å². The van der Waals surface area contributed by atoms with Gasteiger partial charge in [-0.3, -0.25) is 9.78 Å². The molecular formula is C13H21N3O. The fraction of sp³-hybridized carbons (Fsp3) is 0.615. The fourth-order valence-electron chi connectivity index (χ4n) is 2.01. The van der Waals surface area contributed by atoms with Gasteiger partial charge in [0.25, 0.3) is 5.91 Å². The lowest BCUT2D eigenvalue weighted by Crippen LogP contribution is -2.47. The van der Waals surface area contributed by atoms with Crippen LogP contribution in [-0.2, 0) is 0 Å². The molecule has 0 aromatic carbocycles. The molecule has 1 heterocycles. The Morgan fingerprint density at radius 3 is 2.35 bits per heavy atom. The first-order valence-electron chi connectivity index (χ1n) is 5.89. The zero-order valence-electron chi connectivity index (χ0n) is 11.2. The number of carbonyl (C=O) groups is 1. The maximum absolute atomic E-state index is 12.0. The summed E-state index contributed by atoms with van der Waals surface area (Å²) in [6, 6.07) is 0.108. The molecule has 0 saturated carbocycles. The van der Waals surface area contributed by atoms with Crippen LogP contribution in [-0.4, -0.2) is 21.9 Å². The van der Waals surface area contributed by atoms with Gasteiger partial charge in [-0.2, -0.15) is 0 Å². The van der Waals surface area contributed by atoms with Crippen molar-refractivity contribution in [2.24, 2.45) is 11.3 Å². The Kier molecular flexibility index (Phi) is 4.21. The summed E-state index contributed by atoms with van der Waals surface area (Å²) in [5, 5.41) is 3.03. The number of aromatic nitrogens is 2. The molecule has 1 rings (SSSR count). The van der Waals surface area contributed by atoms with Crippen molar-refractivity contribution in [3.05, 3.63) is 24.3 Å². The van der Waals surface area contributed by atoms with Gasteiger partial charge in [-0.25, -0.2) is 4.98 Å². The molecule has 4 nitrogen and oxygen atoms in total. The first kappa shape index (κ1) is 13.6. The van der Waals surface area contributed by atoms with Crippen molar-refractivity contribution in [3.8, 4) is 0 Å². The average molecular weight is 235 g/mol. The Bertz CT molecular complexity index is 368. The molecule has 1 unspecified atom stereocenters. The molecule has 94 valence electrons. The number of hydrogen-bond acceptors (Lipinski definition) is 3. The number of rotatable bonds is 3. The summed E-state index contributed by atoms with van der Waals surface area (Å²) in [5.41, 5.74) is 0.383. The molecule has 1 atom stereocenters. The van der Waals surface area contributed by atoms with E-state index in [1.165, 1.54) is 12.4 Å². The van der Waals surface area contributed by atoms with Crippen LogP contribution >= 0.6 is 0 Å². The molecule has 0 bridgehead atoms. The van der Waals surface area contributed by atoms with Crippen LogP contribution in [0, 0.1) is 11.3 Å². The summed E-state index contributed by atoms with van der Waals surface area (Å²) in [6.45, 7) is 10.6. The second-order valence-electron chi connectivity index (χ2n) is 5.65. The van der Waals surface area contributed by atoms with Gasteiger partial charge in [0.2, 0.25) is 0 Å². The van der Waals surface area contributed by atoms with Gasteiger partial charge in [0.05, 0.1) is 6.20 Å². The molecule has 4 heteroatoms. The predicted molar refractivity (Wildman–Crippen MR) is 67.6 cm³/mol. The number of amides is 1. The summed E-state index contributed by atoms with van der Waals surface area (Å²) in [5.74, 6) is 0.211. The summed E-state index contributed by atoms with van der Waals surface area (Å²) < 4.78 is 0. The van der Waals surface area contributed by atoms with E-state index in [-0.39, 0.29) is 17.4 Å². The van der Waals surface area contributed by atoms with E-state index in [0.717, 1.165) is 0 Å². The third-order valence-electron chi connectivity index (χ3n) is 2.68. The zero-order chi connectivity index (χ0) is 13.1. The molecule has 0 saturated heterocycles. The Morgan fingerprint density at radius 2 is 1.94 bits per heavy atom. The molecule has 0 radical (unpaired) electrons. The standard InChI is InChI=1S/C13H21N3O/c1-9(2)11(13(3,4)5)16-12(17)10-8-14-6-7-15-10/h6-9,11H,1-5H3,(H,16,17). The second kappa shape index (κ2) is 5.25. The summed E-state index contributed by atoms with van der Waals surface area (Å²) in [4.78, 5) is 19.9. The molecule has 1 N–H and O–H groups in total. The van der Waals surface area contributed by atoms with Crippen LogP contribution in [0.1, 0.15) is 45.1 Å². The quantitative estimate of drug-likeness (QED) is 0.874. The van der Waals surface area contributed by atoms with E-state index in [9.17, 15) is 4.79 Å². The Balaban J connectivity index is 2.79. The molecule has 1 amide bonds. The zero-order valence-corrected chi connectivity index (χ0v) is 11.2. The molecule has 0 aliphatic heterocycles. The van der Waals surface area contributed by atoms with Gasteiger partial charge in [-0.15, -0.1) is 0 Å². The minimum atomic E-state index is -0.160. The highest BCUT2D eigenvalue weighted by molar-refractivity contribution is 5.92. The number of hydrogen-bond donors (Lipinski definition) is 1. The van der Waals surface area contributed by atoms with Gasteiger partial charge < -0.3 is 5.32 Å². The van der Waals surface area contributed by atoms with E-state index in [4.69, 9.17) is 0 Å². The monoisotopic (exact) mass is 235 g/mol. The molecule has 0 fully saturated rings. The van der Waals surface area contributed by atoms with Crippen molar-refractivity contribution in [2.45, 2.75) is 40.7 Å². The first-order chi connectivity index (χ1) is 7.82. The van der Waals surface area contributed by atoms with Gasteiger partial charge in [-0.05, 0) is 11.3 Å². The van der Waals surface area contributed by atoms with Crippen molar-refractivity contribution in [3.63, 3.8) is 0 Å². The third-order valence-corrected chi connectivity index (χ3v) is 2.68. The molecule has 1 aromatic heterocycles. The average Bonchev–Trinajstić information content (AvgIpc) is 2.24. The minimum Gasteiger partial charge on any atom is -0.347 e. The van der Waals surface area contributed by atoms with E-state index < -0.39 is 0 Å². The van der Waals surface area contributed by atoms with Gasteiger partial charge >= 0.3 is 0 Å². The number of nitrogens with one attached hydrogen (secondary N) is 1. The van der Waals surface area contributed by atoms with Gasteiger partial charge in [0, 0.05) is 18.4 Å². The van der Waals surface area contributed by atoms with Gasteiger partial charge in [0.15, 0.2) is 0 Å². The van der Waals surface area contributed by atoms with Crippen molar-refractivity contribution in [1.29, 1.82) is 0 Å². The Labute approximate surface area is 103 Å². The molecule has 1 aromatic rings. The number of carbonyl (C=O) groups excluding carboxylic acids is 1. The normalized spacial score (nSPS) is 13.5. The maximum atomic E-state index is 12.0. The molecular weight excluding hydrogens is 214 g/mol. The lowest BCUT2D eigenvalue weighted by molar-refractivity contribution is 0.0868. The second-order valence-corrected chi connectivity index (χ2v) is 5.65. The van der Waals surface area contributed by atoms with E-state index in [1.54, 1.807) is 6.20 Å². The maximum Gasteiger partial charge on any atom is 0.271 e. The highest BCUT2D eigenvalue weighted by atomic mass is 16.1. The fourth-order valence-corrected chi connectivity index (χ4v) is 2.01. The highest BCUT2D eigenvalue weighted by Crippen LogP contribution is 2.25. The highest BCUT2D eigenvalue weighted by Gasteiger charge is 2.29. The van der Waals surface area contributed by atoms with E-state index in [0.29, 0.717) is 11.6 Å². The lowest BCUT2D eigenvalue weighted by atomic mass is 9.80. The largest absolute Gasteiger partial charge is 0.347 e. The van der Waals surface area contributed by atoms with Crippen LogP contribution in [0.5, 0.6) is 0 Å². The van der Waals surface area contributed by atoms with E-state index >= 15 is 0 Å². The molecule has 17 heavy (non-hydrogen) atoms. The number of nitrogens with zero attached hydrogens (tertiary/aromatic N) is 2. The van der Waals surface area contributed by atoms with E-state index in [2.05, 4.69) is 49.9 Å². The van der Waals surface area contributed by atoms with Crippen molar-refractivity contribution in [1.82, 2.24) is 15.3 Å². The lowest BCUT2D eigenvalue weighted by Gasteiger charge is -2.34. The molecule has 0 spiro atoms. The van der Waals surface area contributed by atoms with Crippen LogP contribution in [0.3, 0.4) is 0 Å². The first-order valence-corrected chi connectivity index (χ1v) is 5.89. The van der Waals surface area contributed by atoms with Crippen molar-refractivity contribution in [2.75, 3.05) is 0 Å². The van der Waals surface area contributed by atoms with E-state index in [1.807, 2.05) is 0 Å². The van der Waals surface area contributed by atoms with Gasteiger partial charge in [0.1, 0.15) is 5.69 Å². The van der Waals surface area contributed by atoms with Crippen LogP contribution in [0.2, 0.25) is 0 Å². The predicted octanol–water partition coefficient (Wildman–Crippen LogP) is 2.28. The van der Waals surface area contributed by atoms with Crippen LogP contribution in [0.25, 0.3) is 0 Å². The topological polar surface area (TPSA) is 54.9 Å².